The normalized spacial score (nSPS) is 11.5. The molecule has 2 heterocycles. The minimum absolute atomic E-state index is 0. The van der Waals surface area contributed by atoms with Gasteiger partial charge in [0, 0.05) is 23.4 Å². The van der Waals surface area contributed by atoms with Crippen LogP contribution in [0.5, 0.6) is 0 Å². The molecule has 3 rings (SSSR count). The van der Waals surface area contributed by atoms with Gasteiger partial charge in [0.15, 0.2) is 10.1 Å². The monoisotopic (exact) mass is 408 g/mol. The van der Waals surface area contributed by atoms with Gasteiger partial charge in [0.05, 0.1) is 11.4 Å². The second-order valence-electron chi connectivity index (χ2n) is 5.51. The van der Waals surface area contributed by atoms with E-state index in [2.05, 4.69) is 42.0 Å². The van der Waals surface area contributed by atoms with Crippen molar-refractivity contribution in [3.8, 4) is 0 Å². The lowest BCUT2D eigenvalue weighted by atomic mass is 10.0. The van der Waals surface area contributed by atoms with Crippen LogP contribution in [0.1, 0.15) is 30.7 Å². The number of hydrogen-bond donors (Lipinski definition) is 1. The van der Waals surface area contributed by atoms with Crippen LogP contribution in [0, 0.1) is 0 Å². The standard InChI is InChI=1S/C18H20N4OS2.ClH/c1-3-12-6-5-7-13(4-2)16(12)21-17(19)25-11-14-10-15(23)22-8-9-24-18(22)20-14;/h5-10H,3-4,11H2,1-2H3,(H2,19,21);1H. The smallest absolute Gasteiger partial charge is 0.258 e. The largest absolute Gasteiger partial charge is 0.378 e. The SMILES string of the molecule is CCc1cccc(CC)c1N=C(N)SCc1cc(=O)n2ccsc2n1.Cl. The van der Waals surface area contributed by atoms with E-state index in [1.807, 2.05) is 5.38 Å². The van der Waals surface area contributed by atoms with E-state index in [-0.39, 0.29) is 18.0 Å². The molecule has 0 fully saturated rings. The third kappa shape index (κ3) is 4.47. The molecule has 26 heavy (non-hydrogen) atoms. The molecule has 0 saturated heterocycles. The van der Waals surface area contributed by atoms with Gasteiger partial charge in [0.25, 0.3) is 5.56 Å². The summed E-state index contributed by atoms with van der Waals surface area (Å²) in [6.07, 6.45) is 3.56. The van der Waals surface area contributed by atoms with E-state index in [0.29, 0.717) is 15.9 Å². The molecule has 0 saturated carbocycles. The highest BCUT2D eigenvalue weighted by molar-refractivity contribution is 8.13. The number of hydrogen-bond acceptors (Lipinski definition) is 5. The molecule has 1 aromatic carbocycles. The Kier molecular flexibility index (Phi) is 7.25. The summed E-state index contributed by atoms with van der Waals surface area (Å²) in [4.78, 5) is 21.9. The van der Waals surface area contributed by atoms with Crippen molar-refractivity contribution in [1.29, 1.82) is 0 Å². The molecule has 0 unspecified atom stereocenters. The molecule has 0 aliphatic heterocycles. The molecule has 0 amide bonds. The first kappa shape index (κ1) is 20.5. The quantitative estimate of drug-likeness (QED) is 0.507. The summed E-state index contributed by atoms with van der Waals surface area (Å²) in [6.45, 7) is 4.23. The zero-order chi connectivity index (χ0) is 17.8. The molecular weight excluding hydrogens is 388 g/mol. The van der Waals surface area contributed by atoms with Gasteiger partial charge in [-0.05, 0) is 24.0 Å². The molecule has 0 bridgehead atoms. The first-order valence-electron chi connectivity index (χ1n) is 8.15. The first-order valence-corrected chi connectivity index (χ1v) is 10.0. The van der Waals surface area contributed by atoms with Crippen molar-refractivity contribution in [3.05, 3.63) is 63.0 Å². The number of thiazole rings is 1. The van der Waals surface area contributed by atoms with E-state index >= 15 is 0 Å². The van der Waals surface area contributed by atoms with E-state index in [4.69, 9.17) is 5.73 Å². The summed E-state index contributed by atoms with van der Waals surface area (Å²) in [5.41, 5.74) is 10.1. The van der Waals surface area contributed by atoms with E-state index in [9.17, 15) is 4.79 Å². The Labute approximate surface area is 166 Å². The third-order valence-corrected chi connectivity index (χ3v) is 5.49. The molecule has 2 aromatic heterocycles. The van der Waals surface area contributed by atoms with E-state index in [1.54, 1.807) is 16.7 Å². The lowest BCUT2D eigenvalue weighted by Crippen LogP contribution is -2.13. The number of nitrogens with zero attached hydrogens (tertiary/aromatic N) is 3. The Balaban J connectivity index is 0.00000243. The van der Waals surface area contributed by atoms with Crippen molar-refractivity contribution < 1.29 is 0 Å². The van der Waals surface area contributed by atoms with Gasteiger partial charge >= 0.3 is 0 Å². The molecule has 5 nitrogen and oxygen atoms in total. The van der Waals surface area contributed by atoms with Gasteiger partial charge in [0.2, 0.25) is 0 Å². The maximum absolute atomic E-state index is 12.0. The van der Waals surface area contributed by atoms with Crippen molar-refractivity contribution in [2.45, 2.75) is 32.4 Å². The number of fused-ring (bicyclic) bond motifs is 1. The lowest BCUT2D eigenvalue weighted by molar-refractivity contribution is 1.04. The highest BCUT2D eigenvalue weighted by Crippen LogP contribution is 2.27. The fourth-order valence-electron chi connectivity index (χ4n) is 2.61. The number of amidine groups is 1. The number of nitrogens with two attached hydrogens (primary N) is 1. The topological polar surface area (TPSA) is 72.8 Å². The fourth-order valence-corrected chi connectivity index (χ4v) is 3.95. The van der Waals surface area contributed by atoms with Crippen LogP contribution in [0.4, 0.5) is 5.69 Å². The summed E-state index contributed by atoms with van der Waals surface area (Å²) in [7, 11) is 0. The Morgan fingerprint density at radius 1 is 1.31 bits per heavy atom. The molecule has 8 heteroatoms. The van der Waals surface area contributed by atoms with Crippen molar-refractivity contribution in [2.75, 3.05) is 0 Å². The van der Waals surface area contributed by atoms with Crippen LogP contribution in [0.25, 0.3) is 4.96 Å². The molecule has 2 N–H and O–H groups in total. The van der Waals surface area contributed by atoms with Gasteiger partial charge in [-0.3, -0.25) is 9.20 Å². The van der Waals surface area contributed by atoms with Crippen LogP contribution in [0.15, 0.2) is 45.6 Å². The van der Waals surface area contributed by atoms with Crippen LogP contribution in [-0.4, -0.2) is 14.6 Å². The van der Waals surface area contributed by atoms with Gasteiger partial charge in [-0.15, -0.1) is 23.7 Å². The van der Waals surface area contributed by atoms with Crippen LogP contribution in [0.2, 0.25) is 0 Å². The van der Waals surface area contributed by atoms with E-state index in [1.165, 1.54) is 34.2 Å². The van der Waals surface area contributed by atoms with Crippen molar-refractivity contribution in [3.63, 3.8) is 0 Å². The Morgan fingerprint density at radius 3 is 2.65 bits per heavy atom. The van der Waals surface area contributed by atoms with Crippen LogP contribution >= 0.6 is 35.5 Å². The zero-order valence-electron chi connectivity index (χ0n) is 14.6. The van der Waals surface area contributed by atoms with Gasteiger partial charge in [0.1, 0.15) is 0 Å². The molecule has 0 atom stereocenters. The van der Waals surface area contributed by atoms with Crippen LogP contribution in [-0.2, 0) is 18.6 Å². The molecule has 0 aliphatic carbocycles. The fraction of sp³-hybridized carbons (Fsp3) is 0.278. The first-order chi connectivity index (χ1) is 12.1. The number of rotatable bonds is 5. The maximum Gasteiger partial charge on any atom is 0.258 e. The molecular formula is C18H21ClN4OS2. The van der Waals surface area contributed by atoms with Crippen molar-refractivity contribution >= 4 is 51.3 Å². The second-order valence-corrected chi connectivity index (χ2v) is 7.38. The molecule has 3 aromatic rings. The predicted octanol–water partition coefficient (Wildman–Crippen LogP) is 4.18. The Hall–Kier alpha value is -1.83. The highest BCUT2D eigenvalue weighted by atomic mass is 35.5. The minimum Gasteiger partial charge on any atom is -0.378 e. The number of halogens is 1. The minimum atomic E-state index is -0.0676. The molecule has 138 valence electrons. The van der Waals surface area contributed by atoms with Crippen LogP contribution in [0.3, 0.4) is 0 Å². The van der Waals surface area contributed by atoms with Crippen molar-refractivity contribution in [1.82, 2.24) is 9.38 Å². The number of para-hydroxylation sites is 1. The highest BCUT2D eigenvalue weighted by Gasteiger charge is 2.08. The maximum atomic E-state index is 12.0. The molecule has 0 radical (unpaired) electrons. The summed E-state index contributed by atoms with van der Waals surface area (Å²) >= 11 is 2.85. The van der Waals surface area contributed by atoms with Gasteiger partial charge < -0.3 is 5.73 Å². The summed E-state index contributed by atoms with van der Waals surface area (Å²) in [5.74, 6) is 0.523. The number of benzene rings is 1. The van der Waals surface area contributed by atoms with E-state index in [0.717, 1.165) is 24.2 Å². The molecule has 0 spiro atoms. The van der Waals surface area contributed by atoms with Gasteiger partial charge in [-0.1, -0.05) is 43.8 Å². The third-order valence-electron chi connectivity index (χ3n) is 3.91. The average molecular weight is 409 g/mol. The van der Waals surface area contributed by atoms with Gasteiger partial charge in [-0.25, -0.2) is 9.98 Å². The number of thioether (sulfide) groups is 1. The van der Waals surface area contributed by atoms with Gasteiger partial charge in [-0.2, -0.15) is 0 Å². The van der Waals surface area contributed by atoms with Crippen LogP contribution < -0.4 is 11.3 Å². The van der Waals surface area contributed by atoms with Crippen molar-refractivity contribution in [2.24, 2.45) is 10.7 Å². The number of aromatic nitrogens is 2. The van der Waals surface area contributed by atoms with E-state index < -0.39 is 0 Å². The molecule has 0 aliphatic rings. The summed E-state index contributed by atoms with van der Waals surface area (Å²) in [6, 6.07) is 7.79. The Morgan fingerprint density at radius 2 is 2.00 bits per heavy atom. The second kappa shape index (κ2) is 9.21. The summed E-state index contributed by atoms with van der Waals surface area (Å²) < 4.78 is 1.54. The Bertz CT molecular complexity index is 958. The summed E-state index contributed by atoms with van der Waals surface area (Å²) in [5, 5.41) is 2.34. The average Bonchev–Trinajstić information content (AvgIpc) is 3.09. The zero-order valence-corrected chi connectivity index (χ0v) is 17.1. The number of aryl methyl sites for hydroxylation is 2. The number of aliphatic imine (C=N–C) groups is 1. The predicted molar refractivity (Wildman–Crippen MR) is 114 cm³/mol. The lowest BCUT2D eigenvalue weighted by Gasteiger charge is -2.09.